The third kappa shape index (κ3) is 6.06. The fourth-order valence-electron chi connectivity index (χ4n) is 2.43. The van der Waals surface area contributed by atoms with Crippen LogP contribution in [0.5, 0.6) is 5.75 Å². The first-order valence-corrected chi connectivity index (χ1v) is 9.07. The number of rotatable bonds is 7. The minimum atomic E-state index is -0.536. The lowest BCUT2D eigenvalue weighted by Crippen LogP contribution is -2.47. The second-order valence-electron chi connectivity index (χ2n) is 6.59. The molecule has 7 nitrogen and oxygen atoms in total. The molecule has 27 heavy (non-hydrogen) atoms. The van der Waals surface area contributed by atoms with Crippen molar-refractivity contribution in [1.29, 1.82) is 0 Å². The van der Waals surface area contributed by atoms with Crippen LogP contribution in [0.25, 0.3) is 0 Å². The predicted octanol–water partition coefficient (Wildman–Crippen LogP) is 3.64. The van der Waals surface area contributed by atoms with Crippen LogP contribution in [0.15, 0.2) is 34.7 Å². The van der Waals surface area contributed by atoms with E-state index in [1.807, 2.05) is 19.9 Å². The van der Waals surface area contributed by atoms with Gasteiger partial charge in [-0.3, -0.25) is 10.2 Å². The average molecular weight is 373 g/mol. The van der Waals surface area contributed by atoms with Gasteiger partial charge < -0.3 is 14.5 Å². The number of carbonyl (C=O) groups excluding carboxylic acids is 2. The van der Waals surface area contributed by atoms with Crippen molar-refractivity contribution in [3.63, 3.8) is 0 Å². The molecular formula is C20H27N3O4. The first-order valence-electron chi connectivity index (χ1n) is 9.07. The molecule has 3 N–H and O–H groups in total. The van der Waals surface area contributed by atoms with Crippen molar-refractivity contribution < 1.29 is 18.7 Å². The molecule has 0 aliphatic heterocycles. The predicted molar refractivity (Wildman–Crippen MR) is 103 cm³/mol. The summed E-state index contributed by atoms with van der Waals surface area (Å²) in [6, 6.07) is 8.86. The van der Waals surface area contributed by atoms with Gasteiger partial charge in [0.1, 0.15) is 18.1 Å². The molecular weight excluding hydrogens is 346 g/mol. The van der Waals surface area contributed by atoms with Crippen LogP contribution in [0, 0.1) is 6.92 Å². The number of carbonyl (C=O) groups is 2. The highest BCUT2D eigenvalue weighted by Gasteiger charge is 2.13. The molecule has 0 aliphatic rings. The van der Waals surface area contributed by atoms with Gasteiger partial charge in [-0.2, -0.15) is 0 Å². The highest BCUT2D eigenvalue weighted by Crippen LogP contribution is 2.28. The molecule has 3 amide bonds. The zero-order valence-corrected chi connectivity index (χ0v) is 16.2. The Balaban J connectivity index is 1.92. The molecule has 0 aliphatic carbocycles. The van der Waals surface area contributed by atoms with E-state index >= 15 is 0 Å². The second-order valence-corrected chi connectivity index (χ2v) is 6.59. The van der Waals surface area contributed by atoms with Gasteiger partial charge >= 0.3 is 11.9 Å². The van der Waals surface area contributed by atoms with Crippen molar-refractivity contribution in [2.45, 2.75) is 46.6 Å². The molecule has 1 heterocycles. The lowest BCUT2D eigenvalue weighted by atomic mass is 10.0. The molecule has 0 saturated heterocycles. The Morgan fingerprint density at radius 1 is 1.15 bits per heavy atom. The zero-order chi connectivity index (χ0) is 19.8. The summed E-state index contributed by atoms with van der Waals surface area (Å²) in [7, 11) is 0. The van der Waals surface area contributed by atoms with Gasteiger partial charge in [0.05, 0.1) is 0 Å². The summed E-state index contributed by atoms with van der Waals surface area (Å²) < 4.78 is 11.4. The Morgan fingerprint density at radius 2 is 1.93 bits per heavy atom. The molecule has 1 aromatic carbocycles. The fraction of sp³-hybridized carbons (Fsp3) is 0.400. The normalized spacial score (nSPS) is 10.6. The van der Waals surface area contributed by atoms with Crippen LogP contribution in [0.1, 0.15) is 60.6 Å². The molecule has 2 aromatic rings. The molecule has 2 rings (SSSR count). The molecule has 0 saturated carbocycles. The summed E-state index contributed by atoms with van der Waals surface area (Å²) in [4.78, 5) is 23.4. The van der Waals surface area contributed by atoms with Crippen LogP contribution >= 0.6 is 0 Å². The van der Waals surface area contributed by atoms with Gasteiger partial charge in [0, 0.05) is 6.54 Å². The lowest BCUT2D eigenvalue weighted by Gasteiger charge is -2.14. The maximum Gasteiger partial charge on any atom is 0.333 e. The fourth-order valence-corrected chi connectivity index (χ4v) is 2.43. The molecule has 7 heteroatoms. The van der Waals surface area contributed by atoms with E-state index in [0.717, 1.165) is 23.3 Å². The molecule has 1 aromatic heterocycles. The Kier molecular flexibility index (Phi) is 7.28. The molecule has 0 bridgehead atoms. The highest BCUT2D eigenvalue weighted by atomic mass is 16.5. The van der Waals surface area contributed by atoms with E-state index in [1.165, 1.54) is 0 Å². The standard InChI is InChI=1S/C20H27N3O4/c1-5-10-21-20(25)23-22-19(24)17-9-7-15(27-17)12-26-18-11-14(4)6-8-16(18)13(2)3/h6-9,11,13H,5,10,12H2,1-4H3,(H,22,24)(H2,21,23,25). The van der Waals surface area contributed by atoms with Gasteiger partial charge in [-0.25, -0.2) is 10.2 Å². The highest BCUT2D eigenvalue weighted by molar-refractivity contribution is 5.92. The van der Waals surface area contributed by atoms with Gasteiger partial charge in [0.25, 0.3) is 0 Å². The summed E-state index contributed by atoms with van der Waals surface area (Å²) in [6.45, 7) is 8.90. The molecule has 0 unspecified atom stereocenters. The minimum absolute atomic E-state index is 0.0951. The molecule has 0 atom stereocenters. The Labute approximate surface area is 159 Å². The number of amides is 3. The van der Waals surface area contributed by atoms with Crippen LogP contribution in [0.3, 0.4) is 0 Å². The molecule has 0 spiro atoms. The van der Waals surface area contributed by atoms with Gasteiger partial charge in [-0.05, 0) is 48.6 Å². The van der Waals surface area contributed by atoms with E-state index in [0.29, 0.717) is 18.2 Å². The summed E-state index contributed by atoms with van der Waals surface area (Å²) in [5.74, 6) is 1.22. The monoisotopic (exact) mass is 373 g/mol. The lowest BCUT2D eigenvalue weighted by molar-refractivity contribution is 0.0904. The molecule has 0 radical (unpaired) electrons. The third-order valence-corrected chi connectivity index (χ3v) is 3.87. The first kappa shape index (κ1) is 20.4. The van der Waals surface area contributed by atoms with Crippen LogP contribution in [-0.2, 0) is 6.61 Å². The van der Waals surface area contributed by atoms with E-state index in [2.05, 4.69) is 42.1 Å². The Hall–Kier alpha value is -2.96. The Morgan fingerprint density at radius 3 is 2.63 bits per heavy atom. The van der Waals surface area contributed by atoms with E-state index in [-0.39, 0.29) is 12.4 Å². The maximum absolute atomic E-state index is 12.0. The Bertz CT molecular complexity index is 783. The van der Waals surface area contributed by atoms with Crippen LogP contribution in [0.4, 0.5) is 4.79 Å². The maximum atomic E-state index is 12.0. The summed E-state index contributed by atoms with van der Waals surface area (Å²) in [5, 5.41) is 2.59. The largest absolute Gasteiger partial charge is 0.485 e. The average Bonchev–Trinajstić information content (AvgIpc) is 3.11. The van der Waals surface area contributed by atoms with Gasteiger partial charge in [-0.15, -0.1) is 0 Å². The number of nitrogens with one attached hydrogen (secondary N) is 3. The summed E-state index contributed by atoms with van der Waals surface area (Å²) >= 11 is 0. The zero-order valence-electron chi connectivity index (χ0n) is 16.2. The van der Waals surface area contributed by atoms with E-state index < -0.39 is 11.9 Å². The van der Waals surface area contributed by atoms with Crippen molar-refractivity contribution in [1.82, 2.24) is 16.2 Å². The molecule has 146 valence electrons. The van der Waals surface area contributed by atoms with Crippen molar-refractivity contribution in [2.75, 3.05) is 6.54 Å². The minimum Gasteiger partial charge on any atom is -0.485 e. The van der Waals surface area contributed by atoms with E-state index in [1.54, 1.807) is 12.1 Å². The first-order chi connectivity index (χ1) is 12.9. The van der Waals surface area contributed by atoms with Crippen molar-refractivity contribution in [2.24, 2.45) is 0 Å². The number of urea groups is 1. The van der Waals surface area contributed by atoms with Crippen LogP contribution in [0.2, 0.25) is 0 Å². The van der Waals surface area contributed by atoms with E-state index in [4.69, 9.17) is 9.15 Å². The molecule has 0 fully saturated rings. The number of aryl methyl sites for hydroxylation is 1. The third-order valence-electron chi connectivity index (χ3n) is 3.87. The SMILES string of the molecule is CCCNC(=O)NNC(=O)c1ccc(COc2cc(C)ccc2C(C)C)o1. The second kappa shape index (κ2) is 9.66. The number of furan rings is 1. The number of ether oxygens (including phenoxy) is 1. The van der Waals surface area contributed by atoms with Gasteiger partial charge in [0.15, 0.2) is 5.76 Å². The number of hydrogen-bond acceptors (Lipinski definition) is 4. The smallest absolute Gasteiger partial charge is 0.333 e. The number of hydrazine groups is 1. The summed E-state index contributed by atoms with van der Waals surface area (Å²) in [5.41, 5.74) is 6.79. The van der Waals surface area contributed by atoms with Gasteiger partial charge in [-0.1, -0.05) is 32.9 Å². The van der Waals surface area contributed by atoms with Gasteiger partial charge in [0.2, 0.25) is 0 Å². The number of benzene rings is 1. The quantitative estimate of drug-likeness (QED) is 0.646. The van der Waals surface area contributed by atoms with Crippen molar-refractivity contribution in [3.05, 3.63) is 53.0 Å². The van der Waals surface area contributed by atoms with Crippen LogP contribution < -0.4 is 20.9 Å². The van der Waals surface area contributed by atoms with Crippen molar-refractivity contribution >= 4 is 11.9 Å². The van der Waals surface area contributed by atoms with Crippen molar-refractivity contribution in [3.8, 4) is 5.75 Å². The van der Waals surface area contributed by atoms with E-state index in [9.17, 15) is 9.59 Å². The summed E-state index contributed by atoms with van der Waals surface area (Å²) in [6.07, 6.45) is 0.808. The van der Waals surface area contributed by atoms with Crippen LogP contribution in [-0.4, -0.2) is 18.5 Å². The number of hydrogen-bond donors (Lipinski definition) is 3. The topological polar surface area (TPSA) is 92.6 Å².